The van der Waals surface area contributed by atoms with Crippen molar-refractivity contribution in [3.05, 3.63) is 53.7 Å². The van der Waals surface area contributed by atoms with E-state index in [1.165, 1.54) is 5.56 Å². The second-order valence-corrected chi connectivity index (χ2v) is 4.64. The molecule has 1 aromatic heterocycles. The van der Waals surface area contributed by atoms with Crippen LogP contribution in [0.5, 0.6) is 5.75 Å². The number of carbonyl (C=O) groups excluding carboxylic acids is 1. The average molecular weight is 300 g/mol. The third kappa shape index (κ3) is 4.22. The van der Waals surface area contributed by atoms with Gasteiger partial charge in [0.05, 0.1) is 13.7 Å². The monoisotopic (exact) mass is 300 g/mol. The summed E-state index contributed by atoms with van der Waals surface area (Å²) in [7, 11) is 1.65. The topological polar surface area (TPSA) is 60.5 Å². The molecule has 0 aliphatic carbocycles. The molecule has 2 aromatic rings. The van der Waals surface area contributed by atoms with Crippen molar-refractivity contribution in [3.8, 4) is 5.75 Å². The van der Waals surface area contributed by atoms with Crippen LogP contribution >= 0.6 is 0 Å². The van der Waals surface area contributed by atoms with Crippen molar-refractivity contribution in [2.45, 2.75) is 13.3 Å². The first kappa shape index (κ1) is 15.8. The summed E-state index contributed by atoms with van der Waals surface area (Å²) in [5.74, 6) is 1.03. The second kappa shape index (κ2) is 8.02. The van der Waals surface area contributed by atoms with Crippen LogP contribution in [0.25, 0.3) is 0 Å². The van der Waals surface area contributed by atoms with E-state index >= 15 is 0 Å². The fourth-order valence-electron chi connectivity index (χ4n) is 2.04. The Balaban J connectivity index is 1.95. The predicted molar refractivity (Wildman–Crippen MR) is 85.4 cm³/mol. The number of pyridine rings is 1. The summed E-state index contributed by atoms with van der Waals surface area (Å²) in [6.07, 6.45) is 2.47. The van der Waals surface area contributed by atoms with Gasteiger partial charge < -0.3 is 14.8 Å². The molecular formula is C17H20N2O3. The first-order valence-electron chi connectivity index (χ1n) is 7.23. The normalized spacial score (nSPS) is 10.1. The van der Waals surface area contributed by atoms with Crippen molar-refractivity contribution in [1.82, 2.24) is 4.98 Å². The summed E-state index contributed by atoms with van der Waals surface area (Å²) in [5, 5.41) is 3.19. The molecule has 1 aromatic carbocycles. The highest BCUT2D eigenvalue weighted by Gasteiger charge is 2.12. The zero-order valence-corrected chi connectivity index (χ0v) is 12.8. The van der Waals surface area contributed by atoms with Gasteiger partial charge in [0, 0.05) is 12.7 Å². The number of nitrogens with zero attached hydrogens (tertiary/aromatic N) is 1. The molecule has 0 aliphatic rings. The highest BCUT2D eigenvalue weighted by molar-refractivity contribution is 5.94. The molecule has 22 heavy (non-hydrogen) atoms. The SMILES string of the molecule is CCOC(=O)c1cccnc1NCCc1ccc(OC)cc1. The first-order chi connectivity index (χ1) is 10.7. The van der Waals surface area contributed by atoms with Crippen LogP contribution in [0.3, 0.4) is 0 Å². The Morgan fingerprint density at radius 2 is 2.00 bits per heavy atom. The maximum atomic E-state index is 11.9. The van der Waals surface area contributed by atoms with Gasteiger partial charge in [-0.3, -0.25) is 0 Å². The number of carbonyl (C=O) groups is 1. The number of aromatic nitrogens is 1. The fraction of sp³-hybridized carbons (Fsp3) is 0.294. The molecule has 1 N–H and O–H groups in total. The lowest BCUT2D eigenvalue weighted by atomic mass is 10.1. The fourth-order valence-corrected chi connectivity index (χ4v) is 2.04. The van der Waals surface area contributed by atoms with E-state index in [9.17, 15) is 4.79 Å². The van der Waals surface area contributed by atoms with Crippen LogP contribution in [0.15, 0.2) is 42.6 Å². The van der Waals surface area contributed by atoms with Gasteiger partial charge in [-0.2, -0.15) is 0 Å². The van der Waals surface area contributed by atoms with Crippen LogP contribution in [0.4, 0.5) is 5.82 Å². The summed E-state index contributed by atoms with van der Waals surface area (Å²) >= 11 is 0. The number of benzene rings is 1. The molecule has 0 unspecified atom stereocenters. The smallest absolute Gasteiger partial charge is 0.341 e. The Bertz CT molecular complexity index is 612. The molecule has 0 bridgehead atoms. The summed E-state index contributed by atoms with van der Waals surface area (Å²) in [4.78, 5) is 16.1. The zero-order chi connectivity index (χ0) is 15.8. The molecule has 0 saturated carbocycles. The van der Waals surface area contributed by atoms with E-state index in [0.717, 1.165) is 12.2 Å². The number of ether oxygens (including phenoxy) is 2. The Hall–Kier alpha value is -2.56. The summed E-state index contributed by atoms with van der Waals surface area (Å²) in [5.41, 5.74) is 1.64. The van der Waals surface area contributed by atoms with E-state index < -0.39 is 0 Å². The molecule has 5 heteroatoms. The quantitative estimate of drug-likeness (QED) is 0.797. The van der Waals surface area contributed by atoms with Crippen LogP contribution < -0.4 is 10.1 Å². The van der Waals surface area contributed by atoms with Gasteiger partial charge in [0.2, 0.25) is 0 Å². The van der Waals surface area contributed by atoms with E-state index in [1.807, 2.05) is 24.3 Å². The van der Waals surface area contributed by atoms with Crippen molar-refractivity contribution < 1.29 is 14.3 Å². The van der Waals surface area contributed by atoms with Gasteiger partial charge in [0.15, 0.2) is 0 Å². The lowest BCUT2D eigenvalue weighted by molar-refractivity contribution is 0.0527. The number of hydrogen-bond donors (Lipinski definition) is 1. The van der Waals surface area contributed by atoms with Crippen LogP contribution in [-0.4, -0.2) is 31.2 Å². The van der Waals surface area contributed by atoms with Gasteiger partial charge in [-0.1, -0.05) is 12.1 Å². The zero-order valence-electron chi connectivity index (χ0n) is 12.8. The molecular weight excluding hydrogens is 280 g/mol. The van der Waals surface area contributed by atoms with Gasteiger partial charge in [0.1, 0.15) is 17.1 Å². The molecule has 0 atom stereocenters. The molecule has 5 nitrogen and oxygen atoms in total. The Kier molecular flexibility index (Phi) is 5.77. The Morgan fingerprint density at radius 3 is 2.68 bits per heavy atom. The minimum Gasteiger partial charge on any atom is -0.497 e. The van der Waals surface area contributed by atoms with E-state index in [4.69, 9.17) is 9.47 Å². The number of nitrogens with one attached hydrogen (secondary N) is 1. The molecule has 0 fully saturated rings. The van der Waals surface area contributed by atoms with E-state index in [2.05, 4.69) is 10.3 Å². The molecule has 0 radical (unpaired) electrons. The number of anilines is 1. The van der Waals surface area contributed by atoms with Gasteiger partial charge in [-0.15, -0.1) is 0 Å². The Labute approximate surface area is 130 Å². The largest absolute Gasteiger partial charge is 0.497 e. The minimum atomic E-state index is -0.359. The van der Waals surface area contributed by atoms with Gasteiger partial charge in [-0.25, -0.2) is 9.78 Å². The number of esters is 1. The summed E-state index contributed by atoms with van der Waals surface area (Å²) in [6, 6.07) is 11.3. The molecule has 0 amide bonds. The van der Waals surface area contributed by atoms with E-state index in [0.29, 0.717) is 24.5 Å². The molecule has 2 rings (SSSR count). The van der Waals surface area contributed by atoms with Crippen LogP contribution in [0.1, 0.15) is 22.8 Å². The molecule has 0 aliphatic heterocycles. The molecule has 116 valence electrons. The Morgan fingerprint density at radius 1 is 1.23 bits per heavy atom. The lowest BCUT2D eigenvalue weighted by Gasteiger charge is -2.10. The van der Waals surface area contributed by atoms with E-state index in [-0.39, 0.29) is 5.97 Å². The van der Waals surface area contributed by atoms with Gasteiger partial charge >= 0.3 is 5.97 Å². The summed E-state index contributed by atoms with van der Waals surface area (Å²) in [6.45, 7) is 2.81. The van der Waals surface area contributed by atoms with Crippen molar-refractivity contribution in [2.24, 2.45) is 0 Å². The standard InChI is InChI=1S/C17H20N2O3/c1-3-22-17(20)15-5-4-11-18-16(15)19-12-10-13-6-8-14(21-2)9-7-13/h4-9,11H,3,10,12H2,1-2H3,(H,18,19). The maximum absolute atomic E-state index is 11.9. The molecule has 1 heterocycles. The molecule has 0 saturated heterocycles. The lowest BCUT2D eigenvalue weighted by Crippen LogP contribution is -2.13. The van der Waals surface area contributed by atoms with Crippen molar-refractivity contribution in [2.75, 3.05) is 25.6 Å². The summed E-state index contributed by atoms with van der Waals surface area (Å²) < 4.78 is 10.2. The molecule has 0 spiro atoms. The third-order valence-electron chi connectivity index (χ3n) is 3.17. The van der Waals surface area contributed by atoms with Gasteiger partial charge in [-0.05, 0) is 43.2 Å². The average Bonchev–Trinajstić information content (AvgIpc) is 2.56. The maximum Gasteiger partial charge on any atom is 0.341 e. The number of methoxy groups -OCH3 is 1. The van der Waals surface area contributed by atoms with Crippen LogP contribution in [-0.2, 0) is 11.2 Å². The first-order valence-corrected chi connectivity index (χ1v) is 7.23. The van der Waals surface area contributed by atoms with Crippen LogP contribution in [0.2, 0.25) is 0 Å². The van der Waals surface area contributed by atoms with E-state index in [1.54, 1.807) is 32.4 Å². The number of rotatable bonds is 7. The highest BCUT2D eigenvalue weighted by Crippen LogP contribution is 2.14. The van der Waals surface area contributed by atoms with Crippen molar-refractivity contribution in [1.29, 1.82) is 0 Å². The minimum absolute atomic E-state index is 0.346. The third-order valence-corrected chi connectivity index (χ3v) is 3.17. The predicted octanol–water partition coefficient (Wildman–Crippen LogP) is 2.92. The van der Waals surface area contributed by atoms with Crippen LogP contribution in [0, 0.1) is 0 Å². The second-order valence-electron chi connectivity index (χ2n) is 4.64. The highest BCUT2D eigenvalue weighted by atomic mass is 16.5. The number of hydrogen-bond acceptors (Lipinski definition) is 5. The van der Waals surface area contributed by atoms with Crippen molar-refractivity contribution >= 4 is 11.8 Å². The van der Waals surface area contributed by atoms with Crippen molar-refractivity contribution in [3.63, 3.8) is 0 Å². The van der Waals surface area contributed by atoms with Gasteiger partial charge in [0.25, 0.3) is 0 Å².